The maximum atomic E-state index is 12.1. The van der Waals surface area contributed by atoms with Crippen LogP contribution in [0.1, 0.15) is 12.8 Å². The summed E-state index contributed by atoms with van der Waals surface area (Å²) in [6.45, 7) is 1.68. The molecule has 1 N–H and O–H groups in total. The van der Waals surface area contributed by atoms with Crippen molar-refractivity contribution < 1.29 is 0 Å². The van der Waals surface area contributed by atoms with Crippen molar-refractivity contribution in [3.8, 4) is 0 Å². The lowest BCUT2D eigenvalue weighted by Gasteiger charge is -2.11. The Morgan fingerprint density at radius 2 is 2.47 bits per heavy atom. The zero-order chi connectivity index (χ0) is 11.7. The highest BCUT2D eigenvalue weighted by atomic mass is 16.1. The van der Waals surface area contributed by atoms with Gasteiger partial charge in [0, 0.05) is 12.2 Å². The van der Waals surface area contributed by atoms with Crippen LogP contribution >= 0.6 is 0 Å². The molecule has 5 heteroatoms. The van der Waals surface area contributed by atoms with Gasteiger partial charge in [-0.25, -0.2) is 4.68 Å². The van der Waals surface area contributed by atoms with Gasteiger partial charge in [-0.15, -0.1) is 0 Å². The van der Waals surface area contributed by atoms with E-state index in [1.807, 2.05) is 0 Å². The lowest BCUT2D eigenvalue weighted by molar-refractivity contribution is 0.462. The van der Waals surface area contributed by atoms with Gasteiger partial charge in [0.2, 0.25) is 0 Å². The first-order chi connectivity index (χ1) is 8.34. The number of nitrogens with zero attached hydrogens (tertiary/aromatic N) is 3. The second-order valence-electron chi connectivity index (χ2n) is 4.36. The summed E-state index contributed by atoms with van der Waals surface area (Å²) in [5.74, 6) is 0. The van der Waals surface area contributed by atoms with Crippen molar-refractivity contribution in [1.82, 2.24) is 20.1 Å². The van der Waals surface area contributed by atoms with Crippen molar-refractivity contribution >= 4 is 10.9 Å². The maximum Gasteiger partial charge on any atom is 0.276 e. The number of nitrogens with one attached hydrogen (secondary N) is 1. The highest BCUT2D eigenvalue weighted by Crippen LogP contribution is 2.07. The summed E-state index contributed by atoms with van der Waals surface area (Å²) >= 11 is 0. The molecule has 1 saturated heterocycles. The molecular weight excluding hydrogens is 216 g/mol. The van der Waals surface area contributed by atoms with E-state index in [-0.39, 0.29) is 5.56 Å². The van der Waals surface area contributed by atoms with Crippen molar-refractivity contribution in [1.29, 1.82) is 0 Å². The summed E-state index contributed by atoms with van der Waals surface area (Å²) in [5, 5.41) is 8.18. The molecular formula is C12H14N4O. The number of pyridine rings is 1. The summed E-state index contributed by atoms with van der Waals surface area (Å²) in [6, 6.07) is 3.95. The monoisotopic (exact) mass is 230 g/mol. The van der Waals surface area contributed by atoms with Crippen LogP contribution in [0, 0.1) is 0 Å². The van der Waals surface area contributed by atoms with Gasteiger partial charge in [-0.05, 0) is 31.5 Å². The first-order valence-corrected chi connectivity index (χ1v) is 5.89. The van der Waals surface area contributed by atoms with Gasteiger partial charge < -0.3 is 5.32 Å². The van der Waals surface area contributed by atoms with Crippen LogP contribution in [0.25, 0.3) is 10.9 Å². The highest BCUT2D eigenvalue weighted by molar-refractivity contribution is 5.75. The number of fused-ring (bicyclic) bond motifs is 1. The van der Waals surface area contributed by atoms with E-state index >= 15 is 0 Å². The first-order valence-electron chi connectivity index (χ1n) is 5.89. The van der Waals surface area contributed by atoms with E-state index in [1.54, 1.807) is 24.5 Å². The molecule has 0 amide bonds. The summed E-state index contributed by atoms with van der Waals surface area (Å²) in [5.41, 5.74) is 0.609. The smallest absolute Gasteiger partial charge is 0.276 e. The third kappa shape index (κ3) is 1.93. The minimum Gasteiger partial charge on any atom is -0.312 e. The molecule has 1 atom stereocenters. The average Bonchev–Trinajstić information content (AvgIpc) is 2.86. The minimum atomic E-state index is -0.0516. The molecule has 2 aromatic rings. The molecule has 0 spiro atoms. The predicted molar refractivity (Wildman–Crippen MR) is 64.8 cm³/mol. The molecule has 1 aliphatic heterocycles. The summed E-state index contributed by atoms with van der Waals surface area (Å²) in [7, 11) is 0. The van der Waals surface area contributed by atoms with Gasteiger partial charge in [-0.2, -0.15) is 5.10 Å². The second kappa shape index (κ2) is 4.25. The van der Waals surface area contributed by atoms with Crippen molar-refractivity contribution in [3.05, 3.63) is 34.9 Å². The van der Waals surface area contributed by atoms with Crippen molar-refractivity contribution in [2.75, 3.05) is 6.54 Å². The molecule has 0 aromatic carbocycles. The van der Waals surface area contributed by atoms with Gasteiger partial charge in [-0.1, -0.05) is 0 Å². The van der Waals surface area contributed by atoms with Crippen LogP contribution in [0.3, 0.4) is 0 Å². The third-order valence-electron chi connectivity index (χ3n) is 3.18. The Balaban J connectivity index is 1.99. The summed E-state index contributed by atoms with van der Waals surface area (Å²) in [4.78, 5) is 16.3. The van der Waals surface area contributed by atoms with E-state index in [0.29, 0.717) is 23.5 Å². The third-order valence-corrected chi connectivity index (χ3v) is 3.18. The van der Waals surface area contributed by atoms with Crippen LogP contribution < -0.4 is 10.9 Å². The minimum absolute atomic E-state index is 0.0516. The lowest BCUT2D eigenvalue weighted by Crippen LogP contribution is -2.33. The molecule has 17 heavy (non-hydrogen) atoms. The van der Waals surface area contributed by atoms with Gasteiger partial charge >= 0.3 is 0 Å². The van der Waals surface area contributed by atoms with Crippen molar-refractivity contribution in [3.63, 3.8) is 0 Å². The molecule has 88 valence electrons. The van der Waals surface area contributed by atoms with Crippen LogP contribution in [0.15, 0.2) is 29.3 Å². The van der Waals surface area contributed by atoms with Gasteiger partial charge in [0.05, 0.1) is 23.6 Å². The fraction of sp³-hybridized carbons (Fsp3) is 0.417. The molecule has 0 unspecified atom stereocenters. The van der Waals surface area contributed by atoms with E-state index in [0.717, 1.165) is 13.0 Å². The van der Waals surface area contributed by atoms with Gasteiger partial charge in [0.1, 0.15) is 0 Å². The number of aromatic nitrogens is 3. The van der Waals surface area contributed by atoms with E-state index in [4.69, 9.17) is 0 Å². The Morgan fingerprint density at radius 1 is 1.53 bits per heavy atom. The molecule has 0 saturated carbocycles. The van der Waals surface area contributed by atoms with Crippen LogP contribution in [0.5, 0.6) is 0 Å². The second-order valence-corrected chi connectivity index (χ2v) is 4.36. The number of hydrogen-bond donors (Lipinski definition) is 1. The van der Waals surface area contributed by atoms with Gasteiger partial charge in [-0.3, -0.25) is 9.78 Å². The molecule has 2 aromatic heterocycles. The van der Waals surface area contributed by atoms with E-state index in [2.05, 4.69) is 15.4 Å². The zero-order valence-electron chi connectivity index (χ0n) is 9.47. The predicted octanol–water partition coefficient (Wildman–Crippen LogP) is 0.543. The van der Waals surface area contributed by atoms with E-state index in [1.165, 1.54) is 11.1 Å². The van der Waals surface area contributed by atoms with Gasteiger partial charge in [0.15, 0.2) is 0 Å². The Morgan fingerprint density at radius 3 is 3.29 bits per heavy atom. The molecule has 1 aliphatic rings. The zero-order valence-corrected chi connectivity index (χ0v) is 9.47. The largest absolute Gasteiger partial charge is 0.312 e. The Bertz CT molecular complexity index is 586. The van der Waals surface area contributed by atoms with Crippen molar-refractivity contribution in [2.45, 2.75) is 25.4 Å². The SMILES string of the molecule is O=c1c2cccnc2cnn1C[C@H]1CCCN1. The molecule has 5 nitrogen and oxygen atoms in total. The summed E-state index contributed by atoms with van der Waals surface area (Å²) < 4.78 is 1.53. The molecule has 3 heterocycles. The average molecular weight is 230 g/mol. The Kier molecular flexibility index (Phi) is 2.60. The Hall–Kier alpha value is -1.75. The van der Waals surface area contributed by atoms with Gasteiger partial charge in [0.25, 0.3) is 5.56 Å². The van der Waals surface area contributed by atoms with E-state index < -0.39 is 0 Å². The fourth-order valence-corrected chi connectivity index (χ4v) is 2.27. The quantitative estimate of drug-likeness (QED) is 0.818. The van der Waals surface area contributed by atoms with Crippen LogP contribution in [-0.4, -0.2) is 27.4 Å². The molecule has 0 bridgehead atoms. The molecule has 3 rings (SSSR count). The lowest BCUT2D eigenvalue weighted by atomic mass is 10.2. The summed E-state index contributed by atoms with van der Waals surface area (Å²) in [6.07, 6.45) is 5.62. The van der Waals surface area contributed by atoms with Crippen LogP contribution in [0.2, 0.25) is 0 Å². The number of rotatable bonds is 2. The molecule has 1 fully saturated rings. The fourth-order valence-electron chi connectivity index (χ4n) is 2.27. The molecule has 0 radical (unpaired) electrons. The maximum absolute atomic E-state index is 12.1. The highest BCUT2D eigenvalue weighted by Gasteiger charge is 2.16. The molecule has 0 aliphatic carbocycles. The Labute approximate surface area is 98.5 Å². The van der Waals surface area contributed by atoms with Crippen LogP contribution in [0.4, 0.5) is 0 Å². The normalized spacial score (nSPS) is 19.9. The standard InChI is InChI=1S/C12H14N4O/c17-12-10-4-2-6-14-11(10)7-15-16(12)8-9-3-1-5-13-9/h2,4,6-7,9,13H,1,3,5,8H2/t9-/m1/s1. The van der Waals surface area contributed by atoms with Crippen LogP contribution in [-0.2, 0) is 6.54 Å². The van der Waals surface area contributed by atoms with E-state index in [9.17, 15) is 4.79 Å². The number of hydrogen-bond acceptors (Lipinski definition) is 4. The van der Waals surface area contributed by atoms with Crippen molar-refractivity contribution in [2.24, 2.45) is 0 Å². The first kappa shape index (κ1) is 10.4. The topological polar surface area (TPSA) is 59.8 Å².